The zero-order valence-corrected chi connectivity index (χ0v) is 22.5. The number of aliphatic hydroxyl groups excluding tert-OH is 2. The Kier molecular flexibility index (Phi) is 7.83. The zero-order valence-electron chi connectivity index (χ0n) is 21.7. The average Bonchev–Trinajstić information content (AvgIpc) is 3.41. The summed E-state index contributed by atoms with van der Waals surface area (Å²) >= 11 is 1.29. The van der Waals surface area contributed by atoms with Crippen LogP contribution in [0.25, 0.3) is 11.0 Å². The van der Waals surface area contributed by atoms with Crippen LogP contribution in [0.5, 0.6) is 0 Å². The molecule has 1 atom stereocenters. The maximum absolute atomic E-state index is 13.6. The molecule has 38 heavy (non-hydrogen) atoms. The molecule has 10 heteroatoms. The van der Waals surface area contributed by atoms with Gasteiger partial charge in [0.1, 0.15) is 5.00 Å². The van der Waals surface area contributed by atoms with Crippen LogP contribution in [0.3, 0.4) is 0 Å². The summed E-state index contributed by atoms with van der Waals surface area (Å²) < 4.78 is 2.12. The number of aromatic nitrogens is 2. The van der Waals surface area contributed by atoms with Crippen molar-refractivity contribution in [3.05, 3.63) is 47.4 Å². The standard InChI is InChI=1S/C28H35N5O4S/c1-3-24(36)29-22-15-23(38-27(22)32-14-5-4-8-20(35)16-32)26(37)31-28-30-21-9-6-7-17(2)25(21)33(28)18-10-12-19(34)13-11-18/h3,6-7,9,15,18-20,34-35H,1,4-5,8,10-14,16H2,2H3,(H,29,36)(H,30,31,37)/t18-,19-,20-/m0/s1. The highest BCUT2D eigenvalue weighted by Gasteiger charge is 2.28. The molecule has 1 aliphatic carbocycles. The van der Waals surface area contributed by atoms with Gasteiger partial charge in [-0.1, -0.05) is 18.7 Å². The van der Waals surface area contributed by atoms with Crippen LogP contribution < -0.4 is 15.5 Å². The van der Waals surface area contributed by atoms with Crippen molar-refractivity contribution in [2.45, 2.75) is 70.1 Å². The van der Waals surface area contributed by atoms with Crippen molar-refractivity contribution in [3.63, 3.8) is 0 Å². The number of carbonyl (C=O) groups is 2. The molecule has 1 saturated carbocycles. The Bertz CT molecular complexity index is 1340. The predicted molar refractivity (Wildman–Crippen MR) is 151 cm³/mol. The van der Waals surface area contributed by atoms with Crippen LogP contribution in [0.15, 0.2) is 36.9 Å². The number of imidazole rings is 1. The number of carbonyl (C=O) groups excluding carboxylic acids is 2. The first-order chi connectivity index (χ1) is 18.3. The summed E-state index contributed by atoms with van der Waals surface area (Å²) in [5.41, 5.74) is 3.42. The van der Waals surface area contributed by atoms with Gasteiger partial charge in [-0.15, -0.1) is 11.3 Å². The largest absolute Gasteiger partial charge is 0.393 e. The highest BCUT2D eigenvalue weighted by molar-refractivity contribution is 7.18. The molecule has 5 rings (SSSR count). The number of anilines is 3. The number of amides is 2. The van der Waals surface area contributed by atoms with Crippen LogP contribution in [0, 0.1) is 6.92 Å². The lowest BCUT2D eigenvalue weighted by atomic mass is 9.92. The van der Waals surface area contributed by atoms with Gasteiger partial charge >= 0.3 is 0 Å². The molecular formula is C28H35N5O4S. The van der Waals surface area contributed by atoms with Crippen LogP contribution >= 0.6 is 11.3 Å². The summed E-state index contributed by atoms with van der Waals surface area (Å²) in [6, 6.07) is 7.76. The predicted octanol–water partition coefficient (Wildman–Crippen LogP) is 4.61. The van der Waals surface area contributed by atoms with Crippen LogP contribution in [0.1, 0.15) is 66.2 Å². The van der Waals surface area contributed by atoms with Crippen LogP contribution in [0.2, 0.25) is 0 Å². The Morgan fingerprint density at radius 1 is 1.11 bits per heavy atom. The summed E-state index contributed by atoms with van der Waals surface area (Å²) in [5.74, 6) is -0.184. The molecule has 3 aromatic rings. The number of nitrogens with zero attached hydrogens (tertiary/aromatic N) is 3. The van der Waals surface area contributed by atoms with Crippen molar-refractivity contribution in [2.24, 2.45) is 0 Å². The van der Waals surface area contributed by atoms with Crippen molar-refractivity contribution in [2.75, 3.05) is 28.6 Å². The molecule has 9 nitrogen and oxygen atoms in total. The molecule has 0 unspecified atom stereocenters. The Morgan fingerprint density at radius 2 is 1.89 bits per heavy atom. The van der Waals surface area contributed by atoms with E-state index in [4.69, 9.17) is 4.98 Å². The SMILES string of the molecule is C=CC(=O)Nc1cc(C(=O)Nc2nc3cccc(C)c3n2[C@H]2CC[C@H](O)CC2)sc1N1CCCC[C@H](O)C1. The van der Waals surface area contributed by atoms with E-state index in [1.807, 2.05) is 30.0 Å². The summed E-state index contributed by atoms with van der Waals surface area (Å²) in [5, 5.41) is 27.0. The van der Waals surface area contributed by atoms with Gasteiger partial charge in [0.2, 0.25) is 11.9 Å². The van der Waals surface area contributed by atoms with E-state index in [1.54, 1.807) is 6.07 Å². The lowest BCUT2D eigenvalue weighted by molar-refractivity contribution is -0.111. The number of benzene rings is 1. The third-order valence-electron chi connectivity index (χ3n) is 7.48. The molecule has 0 radical (unpaired) electrons. The van der Waals surface area contributed by atoms with Gasteiger partial charge in [0.05, 0.1) is 33.8 Å². The second-order valence-electron chi connectivity index (χ2n) is 10.3. The molecule has 1 saturated heterocycles. The van der Waals surface area contributed by atoms with E-state index in [0.29, 0.717) is 35.9 Å². The van der Waals surface area contributed by atoms with E-state index in [-0.39, 0.29) is 24.0 Å². The molecule has 2 aromatic heterocycles. The molecule has 1 aromatic carbocycles. The summed E-state index contributed by atoms with van der Waals surface area (Å²) in [7, 11) is 0. The van der Waals surface area contributed by atoms with Gasteiger partial charge in [0.25, 0.3) is 5.91 Å². The first-order valence-corrected chi connectivity index (χ1v) is 14.1. The molecule has 0 spiro atoms. The lowest BCUT2D eigenvalue weighted by Gasteiger charge is -2.28. The molecule has 202 valence electrons. The van der Waals surface area contributed by atoms with Gasteiger partial charge in [0.15, 0.2) is 0 Å². The molecule has 0 bridgehead atoms. The fraction of sp³-hybridized carbons (Fsp3) is 0.464. The van der Waals surface area contributed by atoms with Gasteiger partial charge in [0, 0.05) is 19.1 Å². The highest BCUT2D eigenvalue weighted by atomic mass is 32.1. The fourth-order valence-electron chi connectivity index (χ4n) is 5.55. The Hall–Kier alpha value is -3.21. The third kappa shape index (κ3) is 5.48. The van der Waals surface area contributed by atoms with Gasteiger partial charge in [-0.3, -0.25) is 14.9 Å². The minimum atomic E-state index is -0.461. The van der Waals surface area contributed by atoms with Gasteiger partial charge in [-0.25, -0.2) is 4.98 Å². The maximum Gasteiger partial charge on any atom is 0.268 e. The normalized spacial score (nSPS) is 22.2. The summed E-state index contributed by atoms with van der Waals surface area (Å²) in [6.07, 6.45) is 6.08. The number of rotatable bonds is 6. The first-order valence-electron chi connectivity index (χ1n) is 13.3. The molecule has 2 amide bonds. The van der Waals surface area contributed by atoms with Crippen molar-refractivity contribution in [1.82, 2.24) is 9.55 Å². The van der Waals surface area contributed by atoms with E-state index < -0.39 is 6.10 Å². The highest BCUT2D eigenvalue weighted by Crippen LogP contribution is 2.39. The van der Waals surface area contributed by atoms with E-state index in [2.05, 4.69) is 21.8 Å². The van der Waals surface area contributed by atoms with E-state index in [1.165, 1.54) is 17.4 Å². The van der Waals surface area contributed by atoms with Crippen LogP contribution in [0.4, 0.5) is 16.6 Å². The molecule has 2 fully saturated rings. The average molecular weight is 538 g/mol. The number of fused-ring (bicyclic) bond motifs is 1. The monoisotopic (exact) mass is 537 g/mol. The number of β-amino-alcohol motifs (C(OH)–C–C–N with tert-alkyl or cyclic N) is 1. The van der Waals surface area contributed by atoms with Gasteiger partial charge < -0.3 is 25.0 Å². The van der Waals surface area contributed by atoms with Crippen molar-refractivity contribution >= 4 is 50.8 Å². The zero-order chi connectivity index (χ0) is 26.8. The molecular weight excluding hydrogens is 502 g/mol. The number of hydrogen-bond acceptors (Lipinski definition) is 7. The number of thiophene rings is 1. The molecule has 2 aliphatic rings. The van der Waals surface area contributed by atoms with Gasteiger partial charge in [-0.2, -0.15) is 0 Å². The lowest BCUT2D eigenvalue weighted by Crippen LogP contribution is -2.30. The topological polar surface area (TPSA) is 120 Å². The summed E-state index contributed by atoms with van der Waals surface area (Å²) in [6.45, 7) is 6.76. The number of aliphatic hydroxyl groups is 2. The minimum absolute atomic E-state index is 0.125. The second-order valence-corrected chi connectivity index (χ2v) is 11.3. The number of nitrogens with one attached hydrogen (secondary N) is 2. The Labute approximate surface area is 226 Å². The number of para-hydroxylation sites is 1. The quantitative estimate of drug-likeness (QED) is 0.341. The summed E-state index contributed by atoms with van der Waals surface area (Å²) in [4.78, 5) is 33.0. The van der Waals surface area contributed by atoms with E-state index >= 15 is 0 Å². The van der Waals surface area contributed by atoms with Crippen LogP contribution in [-0.2, 0) is 4.79 Å². The van der Waals surface area contributed by atoms with Crippen LogP contribution in [-0.4, -0.2) is 56.9 Å². The molecule has 1 aliphatic heterocycles. The van der Waals surface area contributed by atoms with E-state index in [0.717, 1.165) is 60.2 Å². The molecule has 3 heterocycles. The number of aryl methyl sites for hydroxylation is 1. The van der Waals surface area contributed by atoms with E-state index in [9.17, 15) is 19.8 Å². The minimum Gasteiger partial charge on any atom is -0.393 e. The third-order valence-corrected chi connectivity index (χ3v) is 8.68. The second kappa shape index (κ2) is 11.3. The number of hydrogen-bond donors (Lipinski definition) is 4. The maximum atomic E-state index is 13.6. The fourth-order valence-corrected chi connectivity index (χ4v) is 6.59. The molecule has 4 N–H and O–H groups in total. The van der Waals surface area contributed by atoms with Crippen molar-refractivity contribution in [3.8, 4) is 0 Å². The Morgan fingerprint density at radius 3 is 2.66 bits per heavy atom. The van der Waals surface area contributed by atoms with Crippen molar-refractivity contribution < 1.29 is 19.8 Å². The smallest absolute Gasteiger partial charge is 0.268 e. The van der Waals surface area contributed by atoms with Crippen molar-refractivity contribution in [1.29, 1.82) is 0 Å². The first kappa shape index (κ1) is 26.4. The van der Waals surface area contributed by atoms with Gasteiger partial charge in [-0.05, 0) is 75.6 Å². The Balaban J connectivity index is 1.48.